The number of nitrogens with zero attached hydrogens (tertiary/aromatic N) is 4. The number of hydrogen-bond acceptors (Lipinski definition) is 3. The SMILES string of the molecule is CCC(CC)n1ccc(CC(NC)c2cncn2C)n1. The second-order valence-corrected chi connectivity index (χ2v) is 5.23. The van der Waals surface area contributed by atoms with Crippen molar-refractivity contribution in [3.63, 3.8) is 0 Å². The van der Waals surface area contributed by atoms with E-state index in [1.807, 2.05) is 26.6 Å². The average molecular weight is 275 g/mol. The van der Waals surface area contributed by atoms with Crippen molar-refractivity contribution in [1.29, 1.82) is 0 Å². The number of likely N-dealkylation sites (N-methyl/N-ethyl adjacent to an activating group) is 1. The summed E-state index contributed by atoms with van der Waals surface area (Å²) in [6.45, 7) is 4.42. The molecule has 0 aliphatic carbocycles. The molecule has 2 aromatic rings. The van der Waals surface area contributed by atoms with E-state index in [-0.39, 0.29) is 6.04 Å². The van der Waals surface area contributed by atoms with Crippen LogP contribution in [0.1, 0.15) is 50.2 Å². The standard InChI is InChI=1S/C15H25N5/c1-5-13(6-2)20-8-7-12(18-20)9-14(16-3)15-10-17-11-19(15)4/h7-8,10-11,13-14,16H,5-6,9H2,1-4H3. The van der Waals surface area contributed by atoms with Crippen LogP contribution in [0.5, 0.6) is 0 Å². The predicted octanol–water partition coefficient (Wildman–Crippen LogP) is 2.48. The van der Waals surface area contributed by atoms with E-state index in [0.29, 0.717) is 6.04 Å². The van der Waals surface area contributed by atoms with E-state index >= 15 is 0 Å². The first-order chi connectivity index (χ1) is 9.69. The quantitative estimate of drug-likeness (QED) is 0.844. The van der Waals surface area contributed by atoms with Gasteiger partial charge in [-0.1, -0.05) is 13.8 Å². The first-order valence-corrected chi connectivity index (χ1v) is 7.37. The van der Waals surface area contributed by atoms with Crippen LogP contribution in [-0.2, 0) is 13.5 Å². The van der Waals surface area contributed by atoms with Gasteiger partial charge in [-0.3, -0.25) is 4.68 Å². The average Bonchev–Trinajstić information content (AvgIpc) is 3.07. The molecule has 0 saturated heterocycles. The van der Waals surface area contributed by atoms with Gasteiger partial charge in [-0.05, 0) is 26.0 Å². The van der Waals surface area contributed by atoms with Crippen LogP contribution < -0.4 is 5.32 Å². The van der Waals surface area contributed by atoms with Crippen LogP contribution in [0.15, 0.2) is 24.8 Å². The third kappa shape index (κ3) is 3.10. The van der Waals surface area contributed by atoms with E-state index in [9.17, 15) is 0 Å². The summed E-state index contributed by atoms with van der Waals surface area (Å²) >= 11 is 0. The summed E-state index contributed by atoms with van der Waals surface area (Å²) in [5.74, 6) is 0. The van der Waals surface area contributed by atoms with Crippen LogP contribution in [0.2, 0.25) is 0 Å². The van der Waals surface area contributed by atoms with Crippen LogP contribution >= 0.6 is 0 Å². The molecular formula is C15H25N5. The highest BCUT2D eigenvalue weighted by molar-refractivity contribution is 5.11. The number of aromatic nitrogens is 4. The van der Waals surface area contributed by atoms with Gasteiger partial charge in [0.25, 0.3) is 0 Å². The molecule has 0 amide bonds. The summed E-state index contributed by atoms with van der Waals surface area (Å²) in [7, 11) is 4.00. The Kier molecular flexibility index (Phi) is 4.95. The van der Waals surface area contributed by atoms with Gasteiger partial charge in [0.1, 0.15) is 0 Å². The fourth-order valence-electron chi connectivity index (χ4n) is 2.62. The lowest BCUT2D eigenvalue weighted by atomic mass is 10.1. The Morgan fingerprint density at radius 3 is 2.60 bits per heavy atom. The largest absolute Gasteiger partial charge is 0.336 e. The highest BCUT2D eigenvalue weighted by Crippen LogP contribution is 2.19. The Bertz CT molecular complexity index is 524. The van der Waals surface area contributed by atoms with E-state index in [2.05, 4.69) is 45.7 Å². The summed E-state index contributed by atoms with van der Waals surface area (Å²) < 4.78 is 4.16. The molecule has 1 atom stereocenters. The predicted molar refractivity (Wildman–Crippen MR) is 80.6 cm³/mol. The molecule has 0 radical (unpaired) electrons. The molecule has 0 fully saturated rings. The minimum absolute atomic E-state index is 0.243. The van der Waals surface area contributed by atoms with E-state index in [1.165, 1.54) is 5.69 Å². The summed E-state index contributed by atoms with van der Waals surface area (Å²) in [5.41, 5.74) is 2.31. The lowest BCUT2D eigenvalue weighted by molar-refractivity contribution is 0.422. The minimum Gasteiger partial charge on any atom is -0.336 e. The zero-order valence-corrected chi connectivity index (χ0v) is 12.9. The van der Waals surface area contributed by atoms with Gasteiger partial charge in [0.2, 0.25) is 0 Å². The van der Waals surface area contributed by atoms with Crippen molar-refractivity contribution in [3.8, 4) is 0 Å². The molecule has 2 aromatic heterocycles. The third-order valence-electron chi connectivity index (χ3n) is 3.95. The van der Waals surface area contributed by atoms with Crippen LogP contribution in [0.25, 0.3) is 0 Å². The number of rotatable bonds is 7. The van der Waals surface area contributed by atoms with E-state index in [1.54, 1.807) is 0 Å². The van der Waals surface area contributed by atoms with Crippen molar-refractivity contribution in [2.24, 2.45) is 7.05 Å². The normalized spacial score (nSPS) is 13.1. The number of hydrogen-bond donors (Lipinski definition) is 1. The Labute approximate surface area is 121 Å². The minimum atomic E-state index is 0.243. The van der Waals surface area contributed by atoms with Crippen molar-refractivity contribution in [2.75, 3.05) is 7.05 Å². The van der Waals surface area contributed by atoms with Crippen molar-refractivity contribution in [1.82, 2.24) is 24.6 Å². The topological polar surface area (TPSA) is 47.7 Å². The van der Waals surface area contributed by atoms with Crippen molar-refractivity contribution < 1.29 is 0 Å². The molecule has 2 heterocycles. The Hall–Kier alpha value is -1.62. The molecule has 0 bridgehead atoms. The van der Waals surface area contributed by atoms with Gasteiger partial charge in [-0.2, -0.15) is 5.10 Å². The van der Waals surface area contributed by atoms with Crippen LogP contribution in [-0.4, -0.2) is 26.4 Å². The van der Waals surface area contributed by atoms with Gasteiger partial charge in [0.15, 0.2) is 0 Å². The number of nitrogens with one attached hydrogen (secondary N) is 1. The van der Waals surface area contributed by atoms with Crippen LogP contribution in [0, 0.1) is 0 Å². The van der Waals surface area contributed by atoms with Crippen LogP contribution in [0.3, 0.4) is 0 Å². The molecule has 0 aromatic carbocycles. The van der Waals surface area contributed by atoms with Gasteiger partial charge < -0.3 is 9.88 Å². The van der Waals surface area contributed by atoms with Crippen LogP contribution in [0.4, 0.5) is 0 Å². The lowest BCUT2D eigenvalue weighted by Gasteiger charge is -2.16. The molecule has 0 saturated carbocycles. The first kappa shape index (κ1) is 14.8. The maximum absolute atomic E-state index is 4.73. The zero-order valence-electron chi connectivity index (χ0n) is 12.9. The highest BCUT2D eigenvalue weighted by atomic mass is 15.3. The van der Waals surface area contributed by atoms with Crippen molar-refractivity contribution >= 4 is 0 Å². The highest BCUT2D eigenvalue weighted by Gasteiger charge is 2.16. The molecule has 110 valence electrons. The van der Waals surface area contributed by atoms with Gasteiger partial charge in [0, 0.05) is 25.9 Å². The number of imidazole rings is 1. The van der Waals surface area contributed by atoms with Gasteiger partial charge in [0.05, 0.1) is 29.8 Å². The maximum atomic E-state index is 4.73. The molecule has 0 spiro atoms. The molecule has 5 nitrogen and oxygen atoms in total. The van der Waals surface area contributed by atoms with E-state index in [0.717, 1.165) is 25.0 Å². The van der Waals surface area contributed by atoms with Gasteiger partial charge in [-0.25, -0.2) is 4.98 Å². The second-order valence-electron chi connectivity index (χ2n) is 5.23. The fraction of sp³-hybridized carbons (Fsp3) is 0.600. The molecule has 1 unspecified atom stereocenters. The van der Waals surface area contributed by atoms with E-state index in [4.69, 9.17) is 5.10 Å². The van der Waals surface area contributed by atoms with Gasteiger partial charge in [-0.15, -0.1) is 0 Å². The Morgan fingerprint density at radius 1 is 1.30 bits per heavy atom. The number of aryl methyl sites for hydroxylation is 1. The van der Waals surface area contributed by atoms with Crippen molar-refractivity contribution in [2.45, 2.75) is 45.2 Å². The summed E-state index contributed by atoms with van der Waals surface area (Å²) in [4.78, 5) is 4.19. The first-order valence-electron chi connectivity index (χ1n) is 7.37. The monoisotopic (exact) mass is 275 g/mol. The van der Waals surface area contributed by atoms with E-state index < -0.39 is 0 Å². The summed E-state index contributed by atoms with van der Waals surface area (Å²) in [6, 6.07) is 2.88. The molecule has 5 heteroatoms. The molecule has 0 aliphatic heterocycles. The second kappa shape index (κ2) is 6.70. The molecule has 20 heavy (non-hydrogen) atoms. The summed E-state index contributed by atoms with van der Waals surface area (Å²) in [6.07, 6.45) is 8.97. The summed E-state index contributed by atoms with van der Waals surface area (Å²) in [5, 5.41) is 8.08. The smallest absolute Gasteiger partial charge is 0.0946 e. The fourth-order valence-corrected chi connectivity index (χ4v) is 2.62. The molecule has 0 aliphatic rings. The van der Waals surface area contributed by atoms with Gasteiger partial charge >= 0.3 is 0 Å². The molecular weight excluding hydrogens is 250 g/mol. The maximum Gasteiger partial charge on any atom is 0.0946 e. The zero-order chi connectivity index (χ0) is 14.5. The Balaban J connectivity index is 2.11. The Morgan fingerprint density at radius 2 is 2.05 bits per heavy atom. The molecule has 2 rings (SSSR count). The molecule has 1 N–H and O–H groups in total. The third-order valence-corrected chi connectivity index (χ3v) is 3.95. The van der Waals surface area contributed by atoms with Crippen molar-refractivity contribution in [3.05, 3.63) is 36.2 Å². The lowest BCUT2D eigenvalue weighted by Crippen LogP contribution is -2.21.